The van der Waals surface area contributed by atoms with Crippen molar-refractivity contribution in [3.8, 4) is 0 Å². The van der Waals surface area contributed by atoms with Gasteiger partial charge < -0.3 is 0 Å². The highest BCUT2D eigenvalue weighted by molar-refractivity contribution is 7.93. The molecule has 0 radical (unpaired) electrons. The van der Waals surface area contributed by atoms with Crippen LogP contribution in [0, 0.1) is 0 Å². The van der Waals surface area contributed by atoms with Crippen LogP contribution in [0.25, 0.3) is 0 Å². The maximum atomic E-state index is 11.0. The van der Waals surface area contributed by atoms with Crippen LogP contribution < -0.4 is 0 Å². The monoisotopic (exact) mass is 175 g/mol. The summed E-state index contributed by atoms with van der Waals surface area (Å²) in [7, 11) is -3.40. The van der Waals surface area contributed by atoms with Gasteiger partial charge in [0.15, 0.2) is 0 Å². The highest BCUT2D eigenvalue weighted by Gasteiger charge is 2.27. The van der Waals surface area contributed by atoms with E-state index in [0.29, 0.717) is 6.42 Å². The Hall–Kier alpha value is -0.840. The molecule has 0 spiro atoms. The van der Waals surface area contributed by atoms with Gasteiger partial charge in [-0.25, -0.2) is 12.7 Å². The van der Waals surface area contributed by atoms with Gasteiger partial charge in [-0.15, -0.1) is 0 Å². The molecule has 0 N–H and O–H groups in total. The first-order valence-electron chi connectivity index (χ1n) is 3.32. The van der Waals surface area contributed by atoms with Crippen LogP contribution in [0.2, 0.25) is 0 Å². The fourth-order valence-electron chi connectivity index (χ4n) is 0.867. The zero-order chi connectivity index (χ0) is 8.48. The first-order chi connectivity index (χ1) is 5.08. The molecular weight excluding hydrogens is 166 g/mol. The van der Waals surface area contributed by atoms with Crippen molar-refractivity contribution in [3.63, 3.8) is 0 Å². The van der Waals surface area contributed by atoms with Gasteiger partial charge in [-0.05, 0) is 6.42 Å². The van der Waals surface area contributed by atoms with E-state index in [1.54, 1.807) is 0 Å². The molecule has 1 aliphatic rings. The number of amides is 1. The predicted octanol–water partition coefficient (Wildman–Crippen LogP) is 0.0821. The first kappa shape index (κ1) is 8.26. The lowest BCUT2D eigenvalue weighted by Crippen LogP contribution is -2.30. The Morgan fingerprint density at radius 2 is 2.18 bits per heavy atom. The summed E-state index contributed by atoms with van der Waals surface area (Å²) in [5.41, 5.74) is 0. The average Bonchev–Trinajstić information content (AvgIpc) is 2.16. The van der Waals surface area contributed by atoms with E-state index in [4.69, 9.17) is 0 Å². The Balaban J connectivity index is 2.88. The van der Waals surface area contributed by atoms with E-state index in [-0.39, 0.29) is 6.54 Å². The van der Waals surface area contributed by atoms with Gasteiger partial charge in [0.1, 0.15) is 0 Å². The molecule has 1 aliphatic heterocycles. The zero-order valence-electron chi connectivity index (χ0n) is 6.15. The Morgan fingerprint density at radius 3 is 2.55 bits per heavy atom. The quantitative estimate of drug-likeness (QED) is 0.597. The van der Waals surface area contributed by atoms with Crippen LogP contribution in [-0.4, -0.2) is 25.2 Å². The van der Waals surface area contributed by atoms with Gasteiger partial charge >= 0.3 is 0 Å². The van der Waals surface area contributed by atoms with E-state index in [1.165, 1.54) is 0 Å². The standard InChI is InChI=1S/C6H9NO3S/c1-2-4-7-6(8)3-5-11(7,9)10/h3,5H,2,4H2,1H3. The molecule has 0 aliphatic carbocycles. The summed E-state index contributed by atoms with van der Waals surface area (Å²) in [5, 5.41) is 0.936. The fourth-order valence-corrected chi connectivity index (χ4v) is 2.05. The van der Waals surface area contributed by atoms with Gasteiger partial charge in [0.05, 0.1) is 5.41 Å². The minimum atomic E-state index is -3.40. The minimum absolute atomic E-state index is 0.272. The molecule has 0 saturated heterocycles. The molecule has 4 nitrogen and oxygen atoms in total. The normalized spacial score (nSPS) is 21.2. The lowest BCUT2D eigenvalue weighted by molar-refractivity contribution is -0.121. The Morgan fingerprint density at radius 1 is 1.55 bits per heavy atom. The lowest BCUT2D eigenvalue weighted by atomic mass is 10.4. The van der Waals surface area contributed by atoms with Crippen LogP contribution >= 0.6 is 0 Å². The number of carbonyl (C=O) groups is 1. The van der Waals surface area contributed by atoms with Crippen LogP contribution in [-0.2, 0) is 14.8 Å². The van der Waals surface area contributed by atoms with Crippen molar-refractivity contribution in [2.24, 2.45) is 0 Å². The summed E-state index contributed by atoms with van der Waals surface area (Å²) in [4.78, 5) is 10.8. The number of sulfonamides is 1. The van der Waals surface area contributed by atoms with Gasteiger partial charge in [-0.1, -0.05) is 6.92 Å². The second kappa shape index (κ2) is 2.65. The smallest absolute Gasteiger partial charge is 0.261 e. The number of rotatable bonds is 2. The molecule has 0 unspecified atom stereocenters. The third-order valence-electron chi connectivity index (χ3n) is 1.36. The molecule has 1 heterocycles. The summed E-state index contributed by atoms with van der Waals surface area (Å²) in [6.07, 6.45) is 1.72. The zero-order valence-corrected chi connectivity index (χ0v) is 6.97. The van der Waals surface area contributed by atoms with E-state index < -0.39 is 15.9 Å². The van der Waals surface area contributed by atoms with Crippen LogP contribution in [0.5, 0.6) is 0 Å². The van der Waals surface area contributed by atoms with Crippen molar-refractivity contribution >= 4 is 15.9 Å². The molecule has 0 aromatic rings. The molecule has 0 fully saturated rings. The number of nitrogens with zero attached hydrogens (tertiary/aromatic N) is 1. The number of hydrogen-bond acceptors (Lipinski definition) is 3. The molecule has 0 aromatic carbocycles. The molecule has 62 valence electrons. The molecule has 0 saturated carbocycles. The highest BCUT2D eigenvalue weighted by atomic mass is 32.2. The molecule has 1 amide bonds. The van der Waals surface area contributed by atoms with Crippen molar-refractivity contribution in [1.82, 2.24) is 4.31 Å². The van der Waals surface area contributed by atoms with Crippen LogP contribution in [0.1, 0.15) is 13.3 Å². The number of carbonyl (C=O) groups excluding carboxylic acids is 1. The molecule has 11 heavy (non-hydrogen) atoms. The van der Waals surface area contributed by atoms with E-state index in [0.717, 1.165) is 15.8 Å². The maximum absolute atomic E-state index is 11.0. The minimum Gasteiger partial charge on any atom is -0.269 e. The van der Waals surface area contributed by atoms with Gasteiger partial charge in [0, 0.05) is 12.6 Å². The lowest BCUT2D eigenvalue weighted by Gasteiger charge is -2.12. The van der Waals surface area contributed by atoms with E-state index in [2.05, 4.69) is 0 Å². The molecule has 0 aromatic heterocycles. The summed E-state index contributed by atoms with van der Waals surface area (Å²) < 4.78 is 22.8. The fraction of sp³-hybridized carbons (Fsp3) is 0.500. The third kappa shape index (κ3) is 1.42. The summed E-state index contributed by atoms with van der Waals surface area (Å²) in [6, 6.07) is 0. The molecular formula is C6H9NO3S. The van der Waals surface area contributed by atoms with Crippen molar-refractivity contribution in [2.75, 3.05) is 6.54 Å². The van der Waals surface area contributed by atoms with Gasteiger partial charge in [0.2, 0.25) is 0 Å². The average molecular weight is 175 g/mol. The maximum Gasteiger partial charge on any atom is 0.261 e. The SMILES string of the molecule is CCCN1C(=O)C=CS1(=O)=O. The van der Waals surface area contributed by atoms with Crippen LogP contribution in [0.3, 0.4) is 0 Å². The highest BCUT2D eigenvalue weighted by Crippen LogP contribution is 2.12. The Kier molecular flexibility index (Phi) is 1.99. The molecule has 1 rings (SSSR count). The summed E-state index contributed by atoms with van der Waals surface area (Å²) in [6.45, 7) is 2.09. The number of hydrogen-bond donors (Lipinski definition) is 0. The first-order valence-corrected chi connectivity index (χ1v) is 4.83. The summed E-state index contributed by atoms with van der Waals surface area (Å²) in [5.74, 6) is -0.438. The largest absolute Gasteiger partial charge is 0.269 e. The van der Waals surface area contributed by atoms with Gasteiger partial charge in [-0.2, -0.15) is 0 Å². The molecule has 5 heteroatoms. The molecule has 0 atom stereocenters. The van der Waals surface area contributed by atoms with Crippen molar-refractivity contribution < 1.29 is 13.2 Å². The Bertz CT molecular complexity index is 291. The van der Waals surface area contributed by atoms with Gasteiger partial charge in [0.25, 0.3) is 15.9 Å². The Labute approximate surface area is 65.6 Å². The summed E-state index contributed by atoms with van der Waals surface area (Å²) >= 11 is 0. The van der Waals surface area contributed by atoms with E-state index >= 15 is 0 Å². The third-order valence-corrected chi connectivity index (χ3v) is 2.82. The molecule has 0 bridgehead atoms. The second-order valence-electron chi connectivity index (χ2n) is 2.26. The van der Waals surface area contributed by atoms with Crippen LogP contribution in [0.4, 0.5) is 0 Å². The van der Waals surface area contributed by atoms with Crippen LogP contribution in [0.15, 0.2) is 11.5 Å². The van der Waals surface area contributed by atoms with E-state index in [1.807, 2.05) is 6.92 Å². The topological polar surface area (TPSA) is 54.5 Å². The predicted molar refractivity (Wildman–Crippen MR) is 40.1 cm³/mol. The van der Waals surface area contributed by atoms with E-state index in [9.17, 15) is 13.2 Å². The van der Waals surface area contributed by atoms with Crippen molar-refractivity contribution in [1.29, 1.82) is 0 Å². The van der Waals surface area contributed by atoms with Crippen molar-refractivity contribution in [2.45, 2.75) is 13.3 Å². The second-order valence-corrected chi connectivity index (χ2v) is 4.00. The van der Waals surface area contributed by atoms with Gasteiger partial charge in [-0.3, -0.25) is 4.79 Å². The van der Waals surface area contributed by atoms with Crippen molar-refractivity contribution in [3.05, 3.63) is 11.5 Å².